The Morgan fingerprint density at radius 1 is 1.56 bits per heavy atom. The third-order valence-electron chi connectivity index (χ3n) is 2.26. The van der Waals surface area contributed by atoms with Gasteiger partial charge in [0.25, 0.3) is 0 Å². The molecule has 0 radical (unpaired) electrons. The van der Waals surface area contributed by atoms with Gasteiger partial charge in [-0.3, -0.25) is 4.79 Å². The molecule has 4 nitrogen and oxygen atoms in total. The van der Waals surface area contributed by atoms with Gasteiger partial charge in [0.05, 0.1) is 13.5 Å². The van der Waals surface area contributed by atoms with E-state index in [-0.39, 0.29) is 6.42 Å². The average Bonchev–Trinajstić information content (AvgIpc) is 2.28. The molecule has 0 fully saturated rings. The first-order valence-corrected chi connectivity index (χ1v) is 4.95. The second-order valence-corrected chi connectivity index (χ2v) is 3.55. The van der Waals surface area contributed by atoms with Crippen molar-refractivity contribution in [3.8, 4) is 5.75 Å². The molecule has 0 saturated carbocycles. The summed E-state index contributed by atoms with van der Waals surface area (Å²) in [5, 5.41) is 8.61. The van der Waals surface area contributed by atoms with Crippen molar-refractivity contribution in [2.45, 2.75) is 12.8 Å². The third-order valence-corrected chi connectivity index (χ3v) is 2.26. The highest BCUT2D eigenvalue weighted by Crippen LogP contribution is 2.16. The molecule has 1 atom stereocenters. The lowest BCUT2D eigenvalue weighted by atomic mass is 9.97. The van der Waals surface area contributed by atoms with Crippen LogP contribution in [0.5, 0.6) is 5.75 Å². The first kappa shape index (κ1) is 12.2. The van der Waals surface area contributed by atoms with Crippen LogP contribution < -0.4 is 4.74 Å². The molecule has 1 aromatic carbocycles. The van der Waals surface area contributed by atoms with E-state index in [2.05, 4.69) is 0 Å². The molecule has 0 aliphatic heterocycles. The molecule has 1 rings (SSSR count). The van der Waals surface area contributed by atoms with Crippen LogP contribution in [0.4, 0.5) is 0 Å². The molecule has 1 unspecified atom stereocenters. The number of ether oxygens (including phenoxy) is 1. The number of carboxylic acid groups (broad SMARTS) is 1. The Bertz CT molecular complexity index is 373. The van der Waals surface area contributed by atoms with Crippen LogP contribution in [0.25, 0.3) is 0 Å². The van der Waals surface area contributed by atoms with Crippen molar-refractivity contribution >= 4 is 12.3 Å². The molecule has 0 bridgehead atoms. The Balaban J connectivity index is 2.69. The lowest BCUT2D eigenvalue weighted by Gasteiger charge is -2.08. The quantitative estimate of drug-likeness (QED) is 0.741. The first-order chi connectivity index (χ1) is 7.65. The standard InChI is InChI=1S/C12H14O4/c1-16-11-4-2-3-9(6-11)5-10(8-13)7-12(14)15/h2-4,6,8,10H,5,7H2,1H3,(H,14,15). The van der Waals surface area contributed by atoms with Gasteiger partial charge in [0.15, 0.2) is 0 Å². The minimum atomic E-state index is -0.958. The summed E-state index contributed by atoms with van der Waals surface area (Å²) in [6.45, 7) is 0. The zero-order valence-electron chi connectivity index (χ0n) is 9.05. The fourth-order valence-corrected chi connectivity index (χ4v) is 1.49. The molecule has 4 heteroatoms. The highest BCUT2D eigenvalue weighted by molar-refractivity contribution is 5.72. The number of methoxy groups -OCH3 is 1. The summed E-state index contributed by atoms with van der Waals surface area (Å²) in [6.07, 6.45) is 0.974. The Morgan fingerprint density at radius 2 is 2.31 bits per heavy atom. The molecule has 86 valence electrons. The van der Waals surface area contributed by atoms with Crippen LogP contribution in [-0.2, 0) is 16.0 Å². The van der Waals surface area contributed by atoms with Crippen molar-refractivity contribution in [1.82, 2.24) is 0 Å². The predicted octanol–water partition coefficient (Wildman–Crippen LogP) is 1.53. The van der Waals surface area contributed by atoms with Crippen LogP contribution >= 0.6 is 0 Å². The van der Waals surface area contributed by atoms with Crippen LogP contribution in [-0.4, -0.2) is 24.5 Å². The average molecular weight is 222 g/mol. The molecule has 0 heterocycles. The molecular formula is C12H14O4. The summed E-state index contributed by atoms with van der Waals surface area (Å²) in [5.41, 5.74) is 0.901. The van der Waals surface area contributed by atoms with Gasteiger partial charge in [-0.05, 0) is 24.1 Å². The van der Waals surface area contributed by atoms with Gasteiger partial charge in [-0.15, -0.1) is 0 Å². The molecule has 1 aromatic rings. The third kappa shape index (κ3) is 3.73. The van der Waals surface area contributed by atoms with Gasteiger partial charge in [-0.1, -0.05) is 12.1 Å². The smallest absolute Gasteiger partial charge is 0.304 e. The predicted molar refractivity (Wildman–Crippen MR) is 58.5 cm³/mol. The van der Waals surface area contributed by atoms with E-state index in [1.165, 1.54) is 0 Å². The number of carboxylic acids is 1. The maximum atomic E-state index is 10.7. The lowest BCUT2D eigenvalue weighted by Crippen LogP contribution is -2.11. The van der Waals surface area contributed by atoms with Crippen molar-refractivity contribution in [3.05, 3.63) is 29.8 Å². The second kappa shape index (κ2) is 5.90. The summed E-state index contributed by atoms with van der Waals surface area (Å²) in [7, 11) is 1.56. The summed E-state index contributed by atoms with van der Waals surface area (Å²) < 4.78 is 5.05. The van der Waals surface area contributed by atoms with E-state index in [9.17, 15) is 9.59 Å². The zero-order chi connectivity index (χ0) is 12.0. The van der Waals surface area contributed by atoms with Crippen molar-refractivity contribution in [3.63, 3.8) is 0 Å². The van der Waals surface area contributed by atoms with Crippen molar-refractivity contribution in [2.75, 3.05) is 7.11 Å². The first-order valence-electron chi connectivity index (χ1n) is 4.95. The van der Waals surface area contributed by atoms with Crippen LogP contribution in [0.15, 0.2) is 24.3 Å². The Labute approximate surface area is 93.9 Å². The van der Waals surface area contributed by atoms with Gasteiger partial charge in [0.1, 0.15) is 12.0 Å². The number of benzene rings is 1. The van der Waals surface area contributed by atoms with E-state index in [4.69, 9.17) is 9.84 Å². The monoisotopic (exact) mass is 222 g/mol. The fourth-order valence-electron chi connectivity index (χ4n) is 1.49. The summed E-state index contributed by atoms with van der Waals surface area (Å²) in [6, 6.07) is 7.27. The minimum Gasteiger partial charge on any atom is -0.497 e. The molecule has 0 saturated heterocycles. The minimum absolute atomic E-state index is 0.138. The van der Waals surface area contributed by atoms with Gasteiger partial charge in [-0.25, -0.2) is 0 Å². The number of carbonyl (C=O) groups is 2. The van der Waals surface area contributed by atoms with Crippen LogP contribution in [0.3, 0.4) is 0 Å². The molecule has 0 aromatic heterocycles. The van der Waals surface area contributed by atoms with E-state index in [1.807, 2.05) is 12.1 Å². The van der Waals surface area contributed by atoms with Crippen LogP contribution in [0.1, 0.15) is 12.0 Å². The molecule has 0 aliphatic carbocycles. The van der Waals surface area contributed by atoms with Gasteiger partial charge in [0, 0.05) is 5.92 Å². The summed E-state index contributed by atoms with van der Waals surface area (Å²) in [5.74, 6) is -0.734. The van der Waals surface area contributed by atoms with Crippen LogP contribution in [0, 0.1) is 5.92 Å². The number of hydrogen-bond acceptors (Lipinski definition) is 3. The van der Waals surface area contributed by atoms with Crippen molar-refractivity contribution in [2.24, 2.45) is 5.92 Å². The molecule has 16 heavy (non-hydrogen) atoms. The number of aliphatic carboxylic acids is 1. The van der Waals surface area contributed by atoms with Gasteiger partial charge >= 0.3 is 5.97 Å². The van der Waals surface area contributed by atoms with Gasteiger partial charge in [-0.2, -0.15) is 0 Å². The lowest BCUT2D eigenvalue weighted by molar-refractivity contribution is -0.139. The Morgan fingerprint density at radius 3 is 2.88 bits per heavy atom. The van der Waals surface area contributed by atoms with E-state index in [1.54, 1.807) is 19.2 Å². The van der Waals surface area contributed by atoms with Gasteiger partial charge < -0.3 is 14.6 Å². The number of rotatable bonds is 6. The van der Waals surface area contributed by atoms with E-state index in [0.717, 1.165) is 5.56 Å². The number of hydrogen-bond donors (Lipinski definition) is 1. The van der Waals surface area contributed by atoms with Crippen molar-refractivity contribution in [1.29, 1.82) is 0 Å². The molecule has 0 aliphatic rings. The SMILES string of the molecule is COc1cccc(CC(C=O)CC(=O)O)c1. The molecule has 1 N–H and O–H groups in total. The summed E-state index contributed by atoms with van der Waals surface area (Å²) >= 11 is 0. The van der Waals surface area contributed by atoms with Crippen molar-refractivity contribution < 1.29 is 19.4 Å². The molecule has 0 amide bonds. The van der Waals surface area contributed by atoms with E-state index in [0.29, 0.717) is 18.5 Å². The highest BCUT2D eigenvalue weighted by atomic mass is 16.5. The zero-order valence-corrected chi connectivity index (χ0v) is 9.05. The number of aldehydes is 1. The maximum absolute atomic E-state index is 10.7. The van der Waals surface area contributed by atoms with Crippen LogP contribution in [0.2, 0.25) is 0 Å². The largest absolute Gasteiger partial charge is 0.497 e. The fraction of sp³-hybridized carbons (Fsp3) is 0.333. The molecule has 0 spiro atoms. The van der Waals surface area contributed by atoms with E-state index < -0.39 is 11.9 Å². The Hall–Kier alpha value is -1.84. The van der Waals surface area contributed by atoms with E-state index >= 15 is 0 Å². The second-order valence-electron chi connectivity index (χ2n) is 3.55. The number of carbonyl (C=O) groups excluding carboxylic acids is 1. The maximum Gasteiger partial charge on any atom is 0.304 e. The van der Waals surface area contributed by atoms with Gasteiger partial charge in [0.2, 0.25) is 0 Å². The highest BCUT2D eigenvalue weighted by Gasteiger charge is 2.13. The Kier molecular flexibility index (Phi) is 4.51. The summed E-state index contributed by atoms with van der Waals surface area (Å²) in [4.78, 5) is 21.2. The molecular weight excluding hydrogens is 208 g/mol. The topological polar surface area (TPSA) is 63.6 Å². The normalized spacial score (nSPS) is 11.8.